The van der Waals surface area contributed by atoms with Crippen LogP contribution in [0.4, 0.5) is 5.69 Å². The van der Waals surface area contributed by atoms with Gasteiger partial charge in [-0.2, -0.15) is 5.10 Å². The number of fused-ring (bicyclic) bond motifs is 1. The summed E-state index contributed by atoms with van der Waals surface area (Å²) in [6, 6.07) is 17.8. The van der Waals surface area contributed by atoms with Crippen molar-refractivity contribution in [3.63, 3.8) is 0 Å². The normalized spacial score (nSPS) is 11.7. The summed E-state index contributed by atoms with van der Waals surface area (Å²) in [5.41, 5.74) is 6.35. The Morgan fingerprint density at radius 2 is 1.76 bits per heavy atom. The number of ether oxygens (including phenoxy) is 3. The van der Waals surface area contributed by atoms with Crippen LogP contribution in [-0.4, -0.2) is 37.3 Å². The average molecular weight is 503 g/mol. The van der Waals surface area contributed by atoms with Crippen LogP contribution in [0.25, 0.3) is 0 Å². The molecule has 1 heterocycles. The summed E-state index contributed by atoms with van der Waals surface area (Å²) in [5, 5.41) is 9.15. The summed E-state index contributed by atoms with van der Waals surface area (Å²) >= 11 is 0. The molecule has 0 bridgehead atoms. The first-order valence-electron chi connectivity index (χ1n) is 11.5. The van der Waals surface area contributed by atoms with E-state index in [2.05, 4.69) is 21.2 Å². The molecule has 0 atom stereocenters. The van der Waals surface area contributed by atoms with E-state index in [0.29, 0.717) is 28.5 Å². The molecule has 0 unspecified atom stereocenters. The number of rotatable bonds is 8. The molecule has 0 aliphatic carbocycles. The molecule has 0 fully saturated rings. The number of benzene rings is 3. The zero-order valence-corrected chi connectivity index (χ0v) is 20.4. The molecule has 0 radical (unpaired) electrons. The number of anilines is 1. The highest BCUT2D eigenvalue weighted by atomic mass is 16.7. The van der Waals surface area contributed by atoms with Gasteiger partial charge in [0, 0.05) is 17.8 Å². The SMILES string of the molecule is Cc1ccc(NC(=O)COc2ccccc2/C=N\NC(=O)C(=O)NCc2ccc3c(c2)OCO3)cc1C. The first-order chi connectivity index (χ1) is 17.9. The van der Waals surface area contributed by atoms with Gasteiger partial charge < -0.3 is 24.8 Å². The van der Waals surface area contributed by atoms with E-state index in [-0.39, 0.29) is 25.9 Å². The number of hydrazone groups is 1. The van der Waals surface area contributed by atoms with Crippen molar-refractivity contribution < 1.29 is 28.6 Å². The van der Waals surface area contributed by atoms with Gasteiger partial charge in [-0.15, -0.1) is 0 Å². The van der Waals surface area contributed by atoms with Gasteiger partial charge in [0.05, 0.1) is 6.21 Å². The van der Waals surface area contributed by atoms with Crippen LogP contribution in [0.2, 0.25) is 0 Å². The molecule has 10 heteroatoms. The van der Waals surface area contributed by atoms with Gasteiger partial charge in [-0.05, 0) is 66.9 Å². The minimum absolute atomic E-state index is 0.132. The van der Waals surface area contributed by atoms with E-state index < -0.39 is 11.8 Å². The Hall–Kier alpha value is -4.86. The number of amides is 3. The quantitative estimate of drug-likeness (QED) is 0.247. The van der Waals surface area contributed by atoms with Gasteiger partial charge in [-0.25, -0.2) is 5.43 Å². The summed E-state index contributed by atoms with van der Waals surface area (Å²) in [6.07, 6.45) is 1.33. The van der Waals surface area contributed by atoms with Gasteiger partial charge in [0.1, 0.15) is 5.75 Å². The molecule has 4 rings (SSSR count). The molecular weight excluding hydrogens is 476 g/mol. The molecule has 1 aliphatic rings. The van der Waals surface area contributed by atoms with Crippen molar-refractivity contribution in [1.29, 1.82) is 0 Å². The molecule has 3 N–H and O–H groups in total. The Morgan fingerprint density at radius 3 is 2.59 bits per heavy atom. The van der Waals surface area contributed by atoms with Crippen molar-refractivity contribution in [3.8, 4) is 17.2 Å². The molecule has 1 aliphatic heterocycles. The standard InChI is InChI=1S/C27H26N4O6/c1-17-7-9-21(11-18(17)2)30-25(32)15-35-22-6-4-3-5-20(22)14-29-31-27(34)26(33)28-13-19-8-10-23-24(12-19)37-16-36-23/h3-12,14H,13,15-16H2,1-2H3,(H,28,33)(H,30,32)(H,31,34)/b29-14-. The number of nitrogens with one attached hydrogen (secondary N) is 3. The predicted molar refractivity (Wildman–Crippen MR) is 137 cm³/mol. The zero-order valence-electron chi connectivity index (χ0n) is 20.4. The summed E-state index contributed by atoms with van der Waals surface area (Å²) in [7, 11) is 0. The number of hydrogen-bond donors (Lipinski definition) is 3. The smallest absolute Gasteiger partial charge is 0.329 e. The maximum Gasteiger partial charge on any atom is 0.329 e. The fraction of sp³-hybridized carbons (Fsp3) is 0.185. The van der Waals surface area contributed by atoms with Crippen LogP contribution in [0.1, 0.15) is 22.3 Å². The lowest BCUT2D eigenvalue weighted by Crippen LogP contribution is -2.37. The largest absolute Gasteiger partial charge is 0.483 e. The second kappa shape index (κ2) is 11.7. The summed E-state index contributed by atoms with van der Waals surface area (Å²) in [5.74, 6) is -0.478. The maximum absolute atomic E-state index is 12.3. The Kier molecular flexibility index (Phi) is 7.99. The van der Waals surface area contributed by atoms with Gasteiger partial charge in [-0.3, -0.25) is 14.4 Å². The van der Waals surface area contributed by atoms with E-state index in [1.54, 1.807) is 42.5 Å². The third-order valence-corrected chi connectivity index (χ3v) is 5.53. The highest BCUT2D eigenvalue weighted by Gasteiger charge is 2.16. The lowest BCUT2D eigenvalue weighted by molar-refractivity contribution is -0.139. The Labute approximate surface area is 213 Å². The lowest BCUT2D eigenvalue weighted by atomic mass is 10.1. The first-order valence-corrected chi connectivity index (χ1v) is 11.5. The Morgan fingerprint density at radius 1 is 0.946 bits per heavy atom. The van der Waals surface area contributed by atoms with E-state index in [4.69, 9.17) is 14.2 Å². The molecule has 3 aromatic carbocycles. The van der Waals surface area contributed by atoms with Crippen LogP contribution in [-0.2, 0) is 20.9 Å². The lowest BCUT2D eigenvalue weighted by Gasteiger charge is -2.10. The highest BCUT2D eigenvalue weighted by molar-refractivity contribution is 6.35. The van der Waals surface area contributed by atoms with Crippen LogP contribution >= 0.6 is 0 Å². The average Bonchev–Trinajstić information content (AvgIpc) is 3.37. The van der Waals surface area contributed by atoms with Gasteiger partial charge in [0.15, 0.2) is 18.1 Å². The number of carbonyl (C=O) groups is 3. The molecule has 3 aromatic rings. The van der Waals surface area contributed by atoms with Crippen molar-refractivity contribution in [2.24, 2.45) is 5.10 Å². The van der Waals surface area contributed by atoms with Crippen molar-refractivity contribution in [3.05, 3.63) is 82.9 Å². The van der Waals surface area contributed by atoms with Crippen LogP contribution < -0.4 is 30.3 Å². The topological polar surface area (TPSA) is 127 Å². The molecule has 10 nitrogen and oxygen atoms in total. The summed E-state index contributed by atoms with van der Waals surface area (Å²) in [4.78, 5) is 36.5. The van der Waals surface area contributed by atoms with E-state index in [0.717, 1.165) is 16.7 Å². The summed E-state index contributed by atoms with van der Waals surface area (Å²) in [6.45, 7) is 4.04. The van der Waals surface area contributed by atoms with Crippen LogP contribution in [0.15, 0.2) is 65.8 Å². The molecule has 0 saturated carbocycles. The van der Waals surface area contributed by atoms with Gasteiger partial charge in [0.25, 0.3) is 5.91 Å². The molecule has 37 heavy (non-hydrogen) atoms. The highest BCUT2D eigenvalue weighted by Crippen LogP contribution is 2.32. The second-order valence-corrected chi connectivity index (χ2v) is 8.24. The van der Waals surface area contributed by atoms with Crippen LogP contribution in [0.5, 0.6) is 17.2 Å². The Bertz CT molecular complexity index is 1350. The first kappa shape index (κ1) is 25.2. The van der Waals surface area contributed by atoms with Gasteiger partial charge in [-0.1, -0.05) is 24.3 Å². The molecule has 3 amide bonds. The fourth-order valence-electron chi connectivity index (χ4n) is 3.40. The van der Waals surface area contributed by atoms with Crippen molar-refractivity contribution in [2.75, 3.05) is 18.7 Å². The van der Waals surface area contributed by atoms with Gasteiger partial charge in [0.2, 0.25) is 6.79 Å². The number of para-hydroxylation sites is 1. The van der Waals surface area contributed by atoms with Crippen molar-refractivity contribution in [2.45, 2.75) is 20.4 Å². The maximum atomic E-state index is 12.3. The van der Waals surface area contributed by atoms with Crippen LogP contribution in [0.3, 0.4) is 0 Å². The minimum Gasteiger partial charge on any atom is -0.483 e. The van der Waals surface area contributed by atoms with Crippen LogP contribution in [0, 0.1) is 13.8 Å². The van der Waals surface area contributed by atoms with Crippen molar-refractivity contribution >= 4 is 29.6 Å². The second-order valence-electron chi connectivity index (χ2n) is 8.24. The van der Waals surface area contributed by atoms with E-state index in [9.17, 15) is 14.4 Å². The Balaban J connectivity index is 1.25. The number of aryl methyl sites for hydroxylation is 2. The molecule has 0 spiro atoms. The number of hydrogen-bond acceptors (Lipinski definition) is 7. The summed E-state index contributed by atoms with van der Waals surface area (Å²) < 4.78 is 16.2. The van der Waals surface area contributed by atoms with Crippen molar-refractivity contribution in [1.82, 2.24) is 10.7 Å². The minimum atomic E-state index is -0.928. The molecular formula is C27H26N4O6. The van der Waals surface area contributed by atoms with E-state index in [1.165, 1.54) is 6.21 Å². The molecule has 0 saturated heterocycles. The van der Waals surface area contributed by atoms with Gasteiger partial charge >= 0.3 is 11.8 Å². The zero-order chi connectivity index (χ0) is 26.2. The van der Waals surface area contributed by atoms with E-state index in [1.807, 2.05) is 32.0 Å². The predicted octanol–water partition coefficient (Wildman–Crippen LogP) is 2.82. The third-order valence-electron chi connectivity index (χ3n) is 5.53. The fourth-order valence-corrected chi connectivity index (χ4v) is 3.40. The monoisotopic (exact) mass is 502 g/mol. The number of carbonyl (C=O) groups excluding carboxylic acids is 3. The third kappa shape index (κ3) is 6.85. The van der Waals surface area contributed by atoms with E-state index >= 15 is 0 Å². The number of nitrogens with zero attached hydrogens (tertiary/aromatic N) is 1. The molecule has 190 valence electrons. The molecule has 0 aromatic heterocycles.